The van der Waals surface area contributed by atoms with E-state index in [0.717, 1.165) is 25.0 Å². The van der Waals surface area contributed by atoms with Gasteiger partial charge in [-0.25, -0.2) is 0 Å². The number of carbonyl (C=O) groups is 1. The van der Waals surface area contributed by atoms with Crippen molar-refractivity contribution in [3.63, 3.8) is 0 Å². The van der Waals surface area contributed by atoms with Crippen molar-refractivity contribution in [3.05, 3.63) is 0 Å². The Balaban J connectivity index is 0.00000289. The van der Waals surface area contributed by atoms with Crippen molar-refractivity contribution < 1.29 is 4.79 Å². The number of nitrogens with one attached hydrogen (secondary N) is 1. The lowest BCUT2D eigenvalue weighted by molar-refractivity contribution is -0.123. The van der Waals surface area contributed by atoms with Crippen LogP contribution in [-0.4, -0.2) is 29.0 Å². The van der Waals surface area contributed by atoms with E-state index in [1.165, 1.54) is 19.3 Å². The zero-order chi connectivity index (χ0) is 12.7. The van der Waals surface area contributed by atoms with Gasteiger partial charge in [-0.3, -0.25) is 4.79 Å². The fourth-order valence-electron chi connectivity index (χ4n) is 2.41. The SMILES string of the molecule is CCCC(N)C(=O)NC1CCCCC1SCC.Cl. The predicted octanol–water partition coefficient (Wildman–Crippen LogP) is 2.72. The standard InChI is InChI=1S/C13H26N2OS.ClH/c1-3-7-10(14)13(16)15-11-8-5-6-9-12(11)17-4-2;/h10-12H,3-9,14H2,1-2H3,(H,15,16);1H. The summed E-state index contributed by atoms with van der Waals surface area (Å²) in [5.41, 5.74) is 5.85. The summed E-state index contributed by atoms with van der Waals surface area (Å²) in [6.07, 6.45) is 6.62. The summed E-state index contributed by atoms with van der Waals surface area (Å²) >= 11 is 1.97. The highest BCUT2D eigenvalue weighted by molar-refractivity contribution is 7.99. The largest absolute Gasteiger partial charge is 0.351 e. The first-order chi connectivity index (χ1) is 8.19. The number of nitrogens with two attached hydrogens (primary N) is 1. The van der Waals surface area contributed by atoms with Crippen molar-refractivity contribution >= 4 is 30.1 Å². The summed E-state index contributed by atoms with van der Waals surface area (Å²) in [6.45, 7) is 4.24. The molecule has 0 bridgehead atoms. The zero-order valence-corrected chi connectivity index (χ0v) is 13.1. The molecule has 108 valence electrons. The summed E-state index contributed by atoms with van der Waals surface area (Å²) < 4.78 is 0. The fourth-order valence-corrected chi connectivity index (χ4v) is 3.61. The summed E-state index contributed by atoms with van der Waals surface area (Å²) in [4.78, 5) is 11.9. The predicted molar refractivity (Wildman–Crippen MR) is 82.5 cm³/mol. The molecule has 0 saturated heterocycles. The van der Waals surface area contributed by atoms with Gasteiger partial charge in [0, 0.05) is 11.3 Å². The molecule has 1 fully saturated rings. The average Bonchev–Trinajstić information content (AvgIpc) is 2.32. The molecule has 0 aromatic rings. The molecule has 1 rings (SSSR count). The van der Waals surface area contributed by atoms with Gasteiger partial charge in [0.15, 0.2) is 0 Å². The maximum absolute atomic E-state index is 11.9. The van der Waals surface area contributed by atoms with E-state index in [1.54, 1.807) is 0 Å². The second-order valence-electron chi connectivity index (χ2n) is 4.79. The van der Waals surface area contributed by atoms with Gasteiger partial charge in [0.1, 0.15) is 0 Å². The minimum atomic E-state index is -0.325. The Morgan fingerprint density at radius 2 is 2.06 bits per heavy atom. The summed E-state index contributed by atoms with van der Waals surface area (Å²) in [6, 6.07) is 0.0123. The second-order valence-corrected chi connectivity index (χ2v) is 6.30. The molecule has 1 aliphatic carbocycles. The smallest absolute Gasteiger partial charge is 0.237 e. The molecule has 0 aromatic carbocycles. The van der Waals surface area contributed by atoms with E-state index < -0.39 is 0 Å². The van der Waals surface area contributed by atoms with Gasteiger partial charge in [-0.15, -0.1) is 12.4 Å². The van der Waals surface area contributed by atoms with E-state index in [1.807, 2.05) is 11.8 Å². The number of hydrogen-bond acceptors (Lipinski definition) is 3. The molecule has 0 heterocycles. The highest BCUT2D eigenvalue weighted by atomic mass is 35.5. The van der Waals surface area contributed by atoms with Crippen LogP contribution in [0.25, 0.3) is 0 Å². The third-order valence-corrected chi connectivity index (χ3v) is 4.67. The molecular formula is C13H27ClN2OS. The van der Waals surface area contributed by atoms with Gasteiger partial charge in [-0.2, -0.15) is 11.8 Å². The molecule has 3 unspecified atom stereocenters. The number of thioether (sulfide) groups is 1. The molecule has 0 aromatic heterocycles. The van der Waals surface area contributed by atoms with Crippen LogP contribution in [0.1, 0.15) is 52.4 Å². The maximum atomic E-state index is 11.9. The minimum absolute atomic E-state index is 0. The van der Waals surface area contributed by atoms with E-state index >= 15 is 0 Å². The first-order valence-electron chi connectivity index (χ1n) is 6.86. The molecule has 5 heteroatoms. The molecule has 1 amide bonds. The van der Waals surface area contributed by atoms with Crippen LogP contribution in [-0.2, 0) is 4.79 Å². The van der Waals surface area contributed by atoms with Gasteiger partial charge < -0.3 is 11.1 Å². The van der Waals surface area contributed by atoms with E-state index in [0.29, 0.717) is 11.3 Å². The minimum Gasteiger partial charge on any atom is -0.351 e. The number of rotatable bonds is 6. The Morgan fingerprint density at radius 3 is 2.67 bits per heavy atom. The van der Waals surface area contributed by atoms with Crippen LogP contribution in [0, 0.1) is 0 Å². The van der Waals surface area contributed by atoms with Crippen molar-refractivity contribution in [1.29, 1.82) is 0 Å². The summed E-state index contributed by atoms with van der Waals surface area (Å²) in [5.74, 6) is 1.17. The molecule has 0 spiro atoms. The lowest BCUT2D eigenvalue weighted by Gasteiger charge is -2.32. The lowest BCUT2D eigenvalue weighted by atomic mass is 9.94. The van der Waals surface area contributed by atoms with E-state index in [9.17, 15) is 4.79 Å². The number of carbonyl (C=O) groups excluding carboxylic acids is 1. The van der Waals surface area contributed by atoms with Gasteiger partial charge in [-0.1, -0.05) is 33.1 Å². The Labute approximate surface area is 121 Å². The van der Waals surface area contributed by atoms with Crippen LogP contribution in [0.15, 0.2) is 0 Å². The van der Waals surface area contributed by atoms with Crippen molar-refractivity contribution in [2.24, 2.45) is 5.73 Å². The van der Waals surface area contributed by atoms with E-state index in [2.05, 4.69) is 19.2 Å². The second kappa shape index (κ2) is 9.93. The summed E-state index contributed by atoms with van der Waals surface area (Å²) in [5, 5.41) is 3.74. The Morgan fingerprint density at radius 1 is 1.39 bits per heavy atom. The molecule has 3 atom stereocenters. The quantitative estimate of drug-likeness (QED) is 0.792. The van der Waals surface area contributed by atoms with Gasteiger partial charge >= 0.3 is 0 Å². The molecule has 18 heavy (non-hydrogen) atoms. The van der Waals surface area contributed by atoms with Crippen molar-refractivity contribution in [2.45, 2.75) is 69.7 Å². The highest BCUT2D eigenvalue weighted by Gasteiger charge is 2.27. The molecule has 1 aliphatic rings. The van der Waals surface area contributed by atoms with Gasteiger partial charge in [0.25, 0.3) is 0 Å². The fraction of sp³-hybridized carbons (Fsp3) is 0.923. The lowest BCUT2D eigenvalue weighted by Crippen LogP contribution is -2.50. The van der Waals surface area contributed by atoms with Crippen molar-refractivity contribution in [1.82, 2.24) is 5.32 Å². The van der Waals surface area contributed by atoms with Crippen LogP contribution < -0.4 is 11.1 Å². The monoisotopic (exact) mass is 294 g/mol. The van der Waals surface area contributed by atoms with E-state index in [4.69, 9.17) is 5.73 Å². The topological polar surface area (TPSA) is 55.1 Å². The molecule has 1 saturated carbocycles. The molecule has 0 radical (unpaired) electrons. The first-order valence-corrected chi connectivity index (χ1v) is 7.91. The van der Waals surface area contributed by atoms with Crippen LogP contribution in [0.4, 0.5) is 0 Å². The van der Waals surface area contributed by atoms with Crippen LogP contribution in [0.2, 0.25) is 0 Å². The number of hydrogen-bond donors (Lipinski definition) is 2. The number of halogens is 1. The molecular weight excluding hydrogens is 268 g/mol. The third-order valence-electron chi connectivity index (χ3n) is 3.35. The van der Waals surface area contributed by atoms with Crippen LogP contribution in [0.3, 0.4) is 0 Å². The summed E-state index contributed by atoms with van der Waals surface area (Å²) in [7, 11) is 0. The first kappa shape index (κ1) is 18.1. The Hall–Kier alpha value is 0.0700. The third kappa shape index (κ3) is 5.81. The Bertz CT molecular complexity index is 239. The normalized spacial score (nSPS) is 25.1. The van der Waals surface area contributed by atoms with Crippen molar-refractivity contribution in [2.75, 3.05) is 5.75 Å². The Kier molecular flexibility index (Phi) is 9.97. The van der Waals surface area contributed by atoms with Crippen molar-refractivity contribution in [3.8, 4) is 0 Å². The van der Waals surface area contributed by atoms with Crippen LogP contribution in [0.5, 0.6) is 0 Å². The van der Waals surface area contributed by atoms with Gasteiger partial charge in [-0.05, 0) is 25.0 Å². The van der Waals surface area contributed by atoms with Gasteiger partial charge in [0.2, 0.25) is 5.91 Å². The van der Waals surface area contributed by atoms with Crippen LogP contribution >= 0.6 is 24.2 Å². The number of amides is 1. The molecule has 3 N–H and O–H groups in total. The molecule has 0 aliphatic heterocycles. The average molecular weight is 295 g/mol. The zero-order valence-electron chi connectivity index (χ0n) is 11.5. The van der Waals surface area contributed by atoms with E-state index in [-0.39, 0.29) is 24.4 Å². The maximum Gasteiger partial charge on any atom is 0.237 e. The van der Waals surface area contributed by atoms with Gasteiger partial charge in [0.05, 0.1) is 6.04 Å². The molecule has 3 nitrogen and oxygen atoms in total. The highest BCUT2D eigenvalue weighted by Crippen LogP contribution is 2.28.